The van der Waals surface area contributed by atoms with Crippen LogP contribution >= 0.6 is 11.6 Å². The molecule has 3 heteroatoms. The third kappa shape index (κ3) is 2.30. The molecule has 0 amide bonds. The van der Waals surface area contributed by atoms with Gasteiger partial charge in [0.05, 0.1) is 5.56 Å². The first-order chi connectivity index (χ1) is 8.11. The third-order valence-electron chi connectivity index (χ3n) is 2.58. The van der Waals surface area contributed by atoms with Crippen LogP contribution < -0.4 is 0 Å². The topological polar surface area (TPSA) is 36.7 Å². The van der Waals surface area contributed by atoms with Gasteiger partial charge in [0.15, 0.2) is 0 Å². The largest absolute Gasteiger partial charge is 0.240 e. The summed E-state index contributed by atoms with van der Waals surface area (Å²) in [6, 6.07) is 12.0. The van der Waals surface area contributed by atoms with Gasteiger partial charge in [-0.25, -0.2) is 4.98 Å². The summed E-state index contributed by atoms with van der Waals surface area (Å²) in [6.07, 6.45) is 0. The Bertz CT molecular complexity index is 595. The number of nitriles is 1. The standard InChI is InChI=1S/C14H11ClN2/c1-9-3-5-11(6-4-9)12-7-10(2)17-14(15)13(12)8-16/h3-7H,1-2H3. The van der Waals surface area contributed by atoms with Crippen LogP contribution in [-0.4, -0.2) is 4.98 Å². The number of hydrogen-bond acceptors (Lipinski definition) is 2. The quantitative estimate of drug-likeness (QED) is 0.712. The predicted molar refractivity (Wildman–Crippen MR) is 68.9 cm³/mol. The lowest BCUT2D eigenvalue weighted by Crippen LogP contribution is -1.92. The highest BCUT2D eigenvalue weighted by molar-refractivity contribution is 6.31. The first-order valence-corrected chi connectivity index (χ1v) is 5.64. The summed E-state index contributed by atoms with van der Waals surface area (Å²) >= 11 is 5.98. The van der Waals surface area contributed by atoms with E-state index in [2.05, 4.69) is 11.1 Å². The van der Waals surface area contributed by atoms with Gasteiger partial charge in [0.25, 0.3) is 0 Å². The number of benzene rings is 1. The Morgan fingerprint density at radius 1 is 1.18 bits per heavy atom. The summed E-state index contributed by atoms with van der Waals surface area (Å²) in [5.74, 6) is 0. The van der Waals surface area contributed by atoms with Gasteiger partial charge < -0.3 is 0 Å². The molecule has 0 saturated carbocycles. The summed E-state index contributed by atoms with van der Waals surface area (Å²) in [7, 11) is 0. The smallest absolute Gasteiger partial charge is 0.147 e. The number of halogens is 1. The fraction of sp³-hybridized carbons (Fsp3) is 0.143. The maximum Gasteiger partial charge on any atom is 0.147 e. The summed E-state index contributed by atoms with van der Waals surface area (Å²) < 4.78 is 0. The van der Waals surface area contributed by atoms with E-state index < -0.39 is 0 Å². The lowest BCUT2D eigenvalue weighted by Gasteiger charge is -2.07. The van der Waals surface area contributed by atoms with E-state index in [0.29, 0.717) is 5.56 Å². The van der Waals surface area contributed by atoms with E-state index in [-0.39, 0.29) is 5.15 Å². The van der Waals surface area contributed by atoms with E-state index in [1.807, 2.05) is 44.2 Å². The monoisotopic (exact) mass is 242 g/mol. The number of hydrogen-bond donors (Lipinski definition) is 0. The molecule has 0 N–H and O–H groups in total. The molecular weight excluding hydrogens is 232 g/mol. The normalized spacial score (nSPS) is 10.0. The molecule has 0 bridgehead atoms. The van der Waals surface area contributed by atoms with E-state index >= 15 is 0 Å². The highest BCUT2D eigenvalue weighted by Crippen LogP contribution is 2.28. The predicted octanol–water partition coefficient (Wildman–Crippen LogP) is 3.89. The molecule has 0 saturated heterocycles. The molecule has 0 radical (unpaired) electrons. The van der Waals surface area contributed by atoms with Gasteiger partial charge in [-0.15, -0.1) is 0 Å². The second-order valence-electron chi connectivity index (χ2n) is 3.95. The molecule has 2 rings (SSSR count). The molecule has 1 aromatic carbocycles. The molecule has 84 valence electrons. The van der Waals surface area contributed by atoms with Crippen molar-refractivity contribution in [2.45, 2.75) is 13.8 Å². The molecule has 0 aliphatic rings. The van der Waals surface area contributed by atoms with Crippen molar-refractivity contribution in [3.8, 4) is 17.2 Å². The molecule has 0 unspecified atom stereocenters. The van der Waals surface area contributed by atoms with Crippen molar-refractivity contribution in [2.24, 2.45) is 0 Å². The number of aryl methyl sites for hydroxylation is 2. The second-order valence-corrected chi connectivity index (χ2v) is 4.31. The maximum absolute atomic E-state index is 9.13. The summed E-state index contributed by atoms with van der Waals surface area (Å²) in [5, 5.41) is 9.40. The number of pyridine rings is 1. The van der Waals surface area contributed by atoms with Gasteiger partial charge in [0.1, 0.15) is 11.2 Å². The van der Waals surface area contributed by atoms with Gasteiger partial charge in [-0.05, 0) is 25.5 Å². The lowest BCUT2D eigenvalue weighted by molar-refractivity contribution is 1.19. The summed E-state index contributed by atoms with van der Waals surface area (Å²) in [6.45, 7) is 3.89. The molecule has 0 fully saturated rings. The SMILES string of the molecule is Cc1ccc(-c2cc(C)nc(Cl)c2C#N)cc1. The highest BCUT2D eigenvalue weighted by Gasteiger charge is 2.10. The molecule has 0 spiro atoms. The van der Waals surface area contributed by atoms with Crippen molar-refractivity contribution < 1.29 is 0 Å². The molecule has 1 heterocycles. The van der Waals surface area contributed by atoms with Gasteiger partial charge in [-0.2, -0.15) is 5.26 Å². The van der Waals surface area contributed by atoms with Crippen molar-refractivity contribution in [1.82, 2.24) is 4.98 Å². The molecule has 1 aromatic heterocycles. The highest BCUT2D eigenvalue weighted by atomic mass is 35.5. The average molecular weight is 243 g/mol. The van der Waals surface area contributed by atoms with E-state index in [1.165, 1.54) is 5.56 Å². The Morgan fingerprint density at radius 2 is 1.82 bits per heavy atom. The van der Waals surface area contributed by atoms with Gasteiger partial charge in [0.2, 0.25) is 0 Å². The van der Waals surface area contributed by atoms with E-state index in [4.69, 9.17) is 16.9 Å². The third-order valence-corrected chi connectivity index (χ3v) is 2.85. The van der Waals surface area contributed by atoms with Crippen LogP contribution in [-0.2, 0) is 0 Å². The van der Waals surface area contributed by atoms with Crippen molar-refractivity contribution in [3.05, 3.63) is 52.3 Å². The van der Waals surface area contributed by atoms with Crippen molar-refractivity contribution >= 4 is 11.6 Å². The first-order valence-electron chi connectivity index (χ1n) is 5.26. The Balaban J connectivity index is 2.66. The molecule has 0 atom stereocenters. The van der Waals surface area contributed by atoms with Crippen LogP contribution in [0.2, 0.25) is 5.15 Å². The fourth-order valence-corrected chi connectivity index (χ4v) is 1.98. The average Bonchev–Trinajstić information content (AvgIpc) is 2.29. The number of rotatable bonds is 1. The molecule has 2 nitrogen and oxygen atoms in total. The van der Waals surface area contributed by atoms with Gasteiger partial charge in [-0.1, -0.05) is 41.4 Å². The van der Waals surface area contributed by atoms with E-state index in [0.717, 1.165) is 16.8 Å². The zero-order valence-corrected chi connectivity index (χ0v) is 10.4. The van der Waals surface area contributed by atoms with E-state index in [9.17, 15) is 0 Å². The Morgan fingerprint density at radius 3 is 2.41 bits per heavy atom. The van der Waals surface area contributed by atoms with Gasteiger partial charge >= 0.3 is 0 Å². The van der Waals surface area contributed by atoms with Crippen LogP contribution in [0.4, 0.5) is 0 Å². The van der Waals surface area contributed by atoms with Crippen LogP contribution in [0, 0.1) is 25.2 Å². The first kappa shape index (κ1) is 11.6. The molecule has 2 aromatic rings. The Kier molecular flexibility index (Phi) is 3.12. The Labute approximate surface area is 105 Å². The lowest BCUT2D eigenvalue weighted by atomic mass is 10.0. The van der Waals surface area contributed by atoms with Crippen LogP contribution in [0.3, 0.4) is 0 Å². The zero-order chi connectivity index (χ0) is 12.4. The molecular formula is C14H11ClN2. The minimum Gasteiger partial charge on any atom is -0.240 e. The molecule has 0 aliphatic carbocycles. The minimum atomic E-state index is 0.267. The van der Waals surface area contributed by atoms with Crippen molar-refractivity contribution in [1.29, 1.82) is 5.26 Å². The Hall–Kier alpha value is -1.85. The summed E-state index contributed by atoms with van der Waals surface area (Å²) in [5.41, 5.74) is 4.25. The zero-order valence-electron chi connectivity index (χ0n) is 9.66. The second kappa shape index (κ2) is 4.57. The van der Waals surface area contributed by atoms with Crippen LogP contribution in [0.25, 0.3) is 11.1 Å². The number of nitrogens with zero attached hydrogens (tertiary/aromatic N) is 2. The van der Waals surface area contributed by atoms with Crippen LogP contribution in [0.1, 0.15) is 16.8 Å². The molecule has 17 heavy (non-hydrogen) atoms. The van der Waals surface area contributed by atoms with Crippen molar-refractivity contribution in [2.75, 3.05) is 0 Å². The number of aromatic nitrogens is 1. The fourth-order valence-electron chi connectivity index (χ4n) is 1.70. The molecule has 0 aliphatic heterocycles. The van der Waals surface area contributed by atoms with Crippen LogP contribution in [0.5, 0.6) is 0 Å². The summed E-state index contributed by atoms with van der Waals surface area (Å²) in [4.78, 5) is 4.09. The van der Waals surface area contributed by atoms with Gasteiger partial charge in [0, 0.05) is 11.3 Å². The van der Waals surface area contributed by atoms with Gasteiger partial charge in [-0.3, -0.25) is 0 Å². The van der Waals surface area contributed by atoms with Crippen LogP contribution in [0.15, 0.2) is 30.3 Å². The van der Waals surface area contributed by atoms with Crippen molar-refractivity contribution in [3.63, 3.8) is 0 Å². The maximum atomic E-state index is 9.13. The van der Waals surface area contributed by atoms with E-state index in [1.54, 1.807) is 0 Å². The minimum absolute atomic E-state index is 0.267.